The minimum Gasteiger partial charge on any atom is -0.376 e. The largest absolute Gasteiger partial charge is 0.376 e. The van der Waals surface area contributed by atoms with Crippen LogP contribution in [0, 0.1) is 0 Å². The lowest BCUT2D eigenvalue weighted by Gasteiger charge is -2.24. The van der Waals surface area contributed by atoms with E-state index in [1.807, 2.05) is 11.9 Å². The monoisotopic (exact) mass is 160 g/mol. The van der Waals surface area contributed by atoms with Crippen LogP contribution in [0.3, 0.4) is 0 Å². The number of hydrogen-bond donors (Lipinski definition) is 1. The molecule has 0 bridgehead atoms. The first-order chi connectivity index (χ1) is 4.59. The number of nitrogens with zero attached hydrogens (tertiary/aromatic N) is 1. The Balaban J connectivity index is 3.69. The van der Waals surface area contributed by atoms with E-state index in [1.54, 1.807) is 0 Å². The van der Waals surface area contributed by atoms with Crippen molar-refractivity contribution in [3.8, 4) is 0 Å². The second kappa shape index (κ2) is 4.50. The van der Waals surface area contributed by atoms with Gasteiger partial charge in [0.2, 0.25) is 0 Å². The average molecular weight is 160 g/mol. The van der Waals surface area contributed by atoms with Crippen LogP contribution in [-0.4, -0.2) is 23.1 Å². The lowest BCUT2D eigenvalue weighted by molar-refractivity contribution is 0.369. The summed E-state index contributed by atoms with van der Waals surface area (Å²) >= 11 is 4.81. The second-order valence-electron chi connectivity index (χ2n) is 2.59. The van der Waals surface area contributed by atoms with E-state index in [9.17, 15) is 0 Å². The predicted molar refractivity (Wildman–Crippen MR) is 48.9 cm³/mol. The van der Waals surface area contributed by atoms with Crippen molar-refractivity contribution in [2.75, 3.05) is 7.05 Å². The highest BCUT2D eigenvalue weighted by atomic mass is 32.1. The van der Waals surface area contributed by atoms with Gasteiger partial charge in [-0.15, -0.1) is 0 Å². The van der Waals surface area contributed by atoms with E-state index < -0.39 is 0 Å². The van der Waals surface area contributed by atoms with E-state index in [0.29, 0.717) is 11.2 Å². The lowest BCUT2D eigenvalue weighted by atomic mass is 10.2. The quantitative estimate of drug-likeness (QED) is 0.632. The first-order valence-electron chi connectivity index (χ1n) is 3.61. The minimum atomic E-state index is 0.475. The second-order valence-corrected chi connectivity index (χ2v) is 3.01. The van der Waals surface area contributed by atoms with Gasteiger partial charge in [0.25, 0.3) is 0 Å². The van der Waals surface area contributed by atoms with Gasteiger partial charge in [-0.05, 0) is 25.6 Å². The maximum Gasteiger partial charge on any atom is 0.166 e. The molecule has 0 saturated carbocycles. The van der Waals surface area contributed by atoms with Gasteiger partial charge in [-0.3, -0.25) is 0 Å². The van der Waals surface area contributed by atoms with Crippen molar-refractivity contribution < 1.29 is 0 Å². The average Bonchev–Trinajstić information content (AvgIpc) is 1.87. The maximum atomic E-state index is 5.42. The molecular weight excluding hydrogens is 144 g/mol. The van der Waals surface area contributed by atoms with E-state index >= 15 is 0 Å². The van der Waals surface area contributed by atoms with Gasteiger partial charge in [-0.25, -0.2) is 0 Å². The summed E-state index contributed by atoms with van der Waals surface area (Å²) in [5.41, 5.74) is 5.42. The fourth-order valence-electron chi connectivity index (χ4n) is 0.829. The van der Waals surface area contributed by atoms with Crippen LogP contribution in [0.25, 0.3) is 0 Å². The summed E-state index contributed by atoms with van der Waals surface area (Å²) in [6.45, 7) is 4.28. The van der Waals surface area contributed by atoms with Crippen molar-refractivity contribution in [3.05, 3.63) is 0 Å². The molecule has 3 heteroatoms. The molecule has 0 aliphatic rings. The molecule has 0 aromatic rings. The van der Waals surface area contributed by atoms with Crippen LogP contribution < -0.4 is 5.73 Å². The highest BCUT2D eigenvalue weighted by molar-refractivity contribution is 7.80. The number of thiocarbonyl (C=S) groups is 1. The van der Waals surface area contributed by atoms with Crippen LogP contribution in [0.15, 0.2) is 0 Å². The number of nitrogens with two attached hydrogens (primary N) is 1. The van der Waals surface area contributed by atoms with Crippen molar-refractivity contribution in [2.45, 2.75) is 32.7 Å². The SMILES string of the molecule is CCCC(C)N(C)C(N)=S. The Labute approximate surface area is 68.4 Å². The van der Waals surface area contributed by atoms with Gasteiger partial charge in [0.05, 0.1) is 0 Å². The van der Waals surface area contributed by atoms with Crippen LogP contribution in [0.5, 0.6) is 0 Å². The van der Waals surface area contributed by atoms with Gasteiger partial charge in [0.1, 0.15) is 0 Å². The zero-order valence-corrected chi connectivity index (χ0v) is 7.74. The molecule has 0 spiro atoms. The molecular formula is C7H16N2S. The van der Waals surface area contributed by atoms with Gasteiger partial charge >= 0.3 is 0 Å². The maximum absolute atomic E-state index is 5.42. The predicted octanol–water partition coefficient (Wildman–Crippen LogP) is 1.35. The Bertz CT molecular complexity index is 114. The standard InChI is InChI=1S/C7H16N2S/c1-4-5-6(2)9(3)7(8)10/h6H,4-5H2,1-3H3,(H2,8,10). The Morgan fingerprint density at radius 2 is 2.20 bits per heavy atom. The van der Waals surface area contributed by atoms with Crippen LogP contribution in [0.2, 0.25) is 0 Å². The van der Waals surface area contributed by atoms with E-state index in [0.717, 1.165) is 6.42 Å². The minimum absolute atomic E-state index is 0.475. The normalized spacial score (nSPS) is 12.7. The third kappa shape index (κ3) is 3.01. The summed E-state index contributed by atoms with van der Waals surface area (Å²) in [4.78, 5) is 1.93. The smallest absolute Gasteiger partial charge is 0.166 e. The Morgan fingerprint density at radius 3 is 2.50 bits per heavy atom. The van der Waals surface area contributed by atoms with Crippen LogP contribution in [0.1, 0.15) is 26.7 Å². The molecule has 0 aromatic heterocycles. The molecule has 10 heavy (non-hydrogen) atoms. The van der Waals surface area contributed by atoms with Crippen molar-refractivity contribution in [1.82, 2.24) is 4.90 Å². The van der Waals surface area contributed by atoms with Crippen molar-refractivity contribution in [2.24, 2.45) is 5.73 Å². The van der Waals surface area contributed by atoms with E-state index in [-0.39, 0.29) is 0 Å². The summed E-state index contributed by atoms with van der Waals surface area (Å²) in [7, 11) is 1.93. The Morgan fingerprint density at radius 1 is 1.70 bits per heavy atom. The van der Waals surface area contributed by atoms with Gasteiger partial charge < -0.3 is 10.6 Å². The lowest BCUT2D eigenvalue weighted by Crippen LogP contribution is -2.38. The fourth-order valence-corrected chi connectivity index (χ4v) is 1.01. The highest BCUT2D eigenvalue weighted by Crippen LogP contribution is 2.02. The van der Waals surface area contributed by atoms with E-state index in [4.69, 9.17) is 18.0 Å². The fraction of sp³-hybridized carbons (Fsp3) is 0.857. The third-order valence-electron chi connectivity index (χ3n) is 1.72. The zero-order valence-electron chi connectivity index (χ0n) is 6.92. The van der Waals surface area contributed by atoms with Crippen molar-refractivity contribution in [1.29, 1.82) is 0 Å². The topological polar surface area (TPSA) is 29.3 Å². The van der Waals surface area contributed by atoms with Gasteiger partial charge in [0, 0.05) is 13.1 Å². The number of hydrogen-bond acceptors (Lipinski definition) is 1. The summed E-state index contributed by atoms with van der Waals surface area (Å²) in [5, 5.41) is 0.487. The first-order valence-corrected chi connectivity index (χ1v) is 4.02. The molecule has 0 aromatic carbocycles. The molecule has 2 N–H and O–H groups in total. The van der Waals surface area contributed by atoms with Crippen LogP contribution in [0.4, 0.5) is 0 Å². The molecule has 1 atom stereocenters. The molecule has 0 radical (unpaired) electrons. The third-order valence-corrected chi connectivity index (χ3v) is 2.00. The summed E-state index contributed by atoms with van der Waals surface area (Å²) in [6, 6.07) is 0.475. The first kappa shape index (κ1) is 9.69. The van der Waals surface area contributed by atoms with Crippen LogP contribution in [-0.2, 0) is 0 Å². The molecule has 1 unspecified atom stereocenters. The zero-order chi connectivity index (χ0) is 8.15. The van der Waals surface area contributed by atoms with E-state index in [2.05, 4.69) is 13.8 Å². The Hall–Kier alpha value is -0.310. The van der Waals surface area contributed by atoms with Gasteiger partial charge in [-0.2, -0.15) is 0 Å². The molecule has 60 valence electrons. The Kier molecular flexibility index (Phi) is 4.36. The molecule has 2 nitrogen and oxygen atoms in total. The van der Waals surface area contributed by atoms with E-state index in [1.165, 1.54) is 6.42 Å². The number of rotatable bonds is 3. The van der Waals surface area contributed by atoms with Crippen molar-refractivity contribution >= 4 is 17.3 Å². The molecule has 0 heterocycles. The molecule has 0 fully saturated rings. The highest BCUT2D eigenvalue weighted by Gasteiger charge is 2.07. The van der Waals surface area contributed by atoms with Gasteiger partial charge in [-0.1, -0.05) is 13.3 Å². The van der Waals surface area contributed by atoms with Crippen molar-refractivity contribution in [3.63, 3.8) is 0 Å². The molecule has 0 amide bonds. The summed E-state index contributed by atoms with van der Waals surface area (Å²) in [6.07, 6.45) is 2.32. The summed E-state index contributed by atoms with van der Waals surface area (Å²) < 4.78 is 0. The molecule has 0 aliphatic heterocycles. The van der Waals surface area contributed by atoms with Gasteiger partial charge in [0.15, 0.2) is 5.11 Å². The molecule has 0 rings (SSSR count). The molecule has 0 saturated heterocycles. The molecule has 0 aliphatic carbocycles. The van der Waals surface area contributed by atoms with Crippen LogP contribution >= 0.6 is 12.2 Å². The summed E-state index contributed by atoms with van der Waals surface area (Å²) in [5.74, 6) is 0.